The summed E-state index contributed by atoms with van der Waals surface area (Å²) in [5.74, 6) is 1.15. The summed E-state index contributed by atoms with van der Waals surface area (Å²) in [6, 6.07) is 3.52. The van der Waals surface area contributed by atoms with Crippen LogP contribution in [0.2, 0.25) is 0 Å². The number of furan rings is 1. The fraction of sp³-hybridized carbons (Fsp3) is 0.500. The summed E-state index contributed by atoms with van der Waals surface area (Å²) in [6.07, 6.45) is 2.47. The van der Waals surface area contributed by atoms with E-state index in [4.69, 9.17) is 13.7 Å². The fourth-order valence-corrected chi connectivity index (χ4v) is 1.94. The van der Waals surface area contributed by atoms with Crippen molar-refractivity contribution < 1.29 is 18.5 Å². The van der Waals surface area contributed by atoms with Crippen molar-refractivity contribution in [3.63, 3.8) is 0 Å². The predicted molar refractivity (Wildman–Crippen MR) is 74.2 cm³/mol. The molecule has 21 heavy (non-hydrogen) atoms. The molecule has 0 aliphatic rings. The smallest absolute Gasteiger partial charge is 0.320 e. The Kier molecular flexibility index (Phi) is 5.51. The van der Waals surface area contributed by atoms with E-state index in [1.807, 2.05) is 11.8 Å². The minimum atomic E-state index is -0.253. The maximum Gasteiger partial charge on any atom is 0.320 e. The maximum absolute atomic E-state index is 11.6. The van der Waals surface area contributed by atoms with Crippen LogP contribution in [0, 0.1) is 0 Å². The Morgan fingerprint density at radius 2 is 2.29 bits per heavy atom. The zero-order valence-electron chi connectivity index (χ0n) is 12.2. The van der Waals surface area contributed by atoms with Crippen LogP contribution in [0.25, 0.3) is 11.6 Å². The summed E-state index contributed by atoms with van der Waals surface area (Å²) in [6.45, 7) is 5.57. The monoisotopic (exact) mass is 293 g/mol. The number of hydrogen-bond acceptors (Lipinski definition) is 7. The fourth-order valence-electron chi connectivity index (χ4n) is 1.94. The van der Waals surface area contributed by atoms with E-state index in [9.17, 15) is 4.79 Å². The second-order valence-electron chi connectivity index (χ2n) is 4.50. The van der Waals surface area contributed by atoms with Crippen LogP contribution in [0.3, 0.4) is 0 Å². The highest BCUT2D eigenvalue weighted by Crippen LogP contribution is 2.16. The molecule has 0 amide bonds. The maximum atomic E-state index is 11.6. The molecule has 114 valence electrons. The van der Waals surface area contributed by atoms with E-state index in [1.54, 1.807) is 25.3 Å². The first-order valence-electron chi connectivity index (χ1n) is 6.97. The third kappa shape index (κ3) is 4.42. The largest absolute Gasteiger partial charge is 0.465 e. The van der Waals surface area contributed by atoms with Gasteiger partial charge in [-0.3, -0.25) is 9.69 Å². The zero-order valence-corrected chi connectivity index (χ0v) is 12.2. The summed E-state index contributed by atoms with van der Waals surface area (Å²) in [7, 11) is 0. The van der Waals surface area contributed by atoms with Crippen molar-refractivity contribution >= 4 is 5.97 Å². The lowest BCUT2D eigenvalue weighted by Gasteiger charge is -2.18. The molecule has 0 aromatic carbocycles. The summed E-state index contributed by atoms with van der Waals surface area (Å²) < 4.78 is 15.4. The van der Waals surface area contributed by atoms with Gasteiger partial charge in [0.05, 0.1) is 26.0 Å². The minimum absolute atomic E-state index is 0.208. The van der Waals surface area contributed by atoms with Gasteiger partial charge >= 0.3 is 5.97 Å². The van der Waals surface area contributed by atoms with E-state index >= 15 is 0 Å². The molecule has 0 radical (unpaired) electrons. The third-order valence-corrected chi connectivity index (χ3v) is 2.77. The van der Waals surface area contributed by atoms with Crippen LogP contribution in [0.15, 0.2) is 27.3 Å². The number of rotatable bonds is 8. The van der Waals surface area contributed by atoms with Gasteiger partial charge in [0.15, 0.2) is 5.76 Å². The van der Waals surface area contributed by atoms with Crippen molar-refractivity contribution in [1.29, 1.82) is 0 Å². The van der Waals surface area contributed by atoms with Crippen LogP contribution >= 0.6 is 0 Å². The van der Waals surface area contributed by atoms with Gasteiger partial charge in [0.1, 0.15) is 0 Å². The highest BCUT2D eigenvalue weighted by molar-refractivity contribution is 5.71. The molecular weight excluding hydrogens is 274 g/mol. The average Bonchev–Trinajstić information content (AvgIpc) is 3.09. The Morgan fingerprint density at radius 1 is 1.43 bits per heavy atom. The second-order valence-corrected chi connectivity index (χ2v) is 4.50. The summed E-state index contributed by atoms with van der Waals surface area (Å²) in [5.41, 5.74) is 0. The lowest BCUT2D eigenvalue weighted by Crippen LogP contribution is -2.31. The van der Waals surface area contributed by atoms with Crippen molar-refractivity contribution in [2.75, 3.05) is 19.7 Å². The van der Waals surface area contributed by atoms with Crippen LogP contribution in [0.4, 0.5) is 0 Å². The first-order chi connectivity index (χ1) is 10.2. The molecule has 0 saturated carbocycles. The standard InChI is InChI=1S/C14H19N3O4/c1-3-7-17(10-13(18)19-4-2)9-12-15-14(16-21-12)11-6-5-8-20-11/h5-6,8H,3-4,7,9-10H2,1-2H3. The summed E-state index contributed by atoms with van der Waals surface area (Å²) >= 11 is 0. The molecule has 0 fully saturated rings. The molecule has 0 aliphatic carbocycles. The van der Waals surface area contributed by atoms with Crippen LogP contribution < -0.4 is 0 Å². The molecule has 2 aromatic heterocycles. The molecule has 0 aliphatic heterocycles. The van der Waals surface area contributed by atoms with Crippen molar-refractivity contribution in [2.24, 2.45) is 0 Å². The summed E-state index contributed by atoms with van der Waals surface area (Å²) in [4.78, 5) is 17.7. The Bertz CT molecular complexity index is 550. The number of aromatic nitrogens is 2. The molecule has 0 N–H and O–H groups in total. The lowest BCUT2D eigenvalue weighted by molar-refractivity contribution is -0.144. The van der Waals surface area contributed by atoms with Gasteiger partial charge in [0, 0.05) is 0 Å². The van der Waals surface area contributed by atoms with Gasteiger partial charge in [0.2, 0.25) is 11.7 Å². The SMILES string of the molecule is CCCN(CC(=O)OCC)Cc1nc(-c2ccco2)no1. The third-order valence-electron chi connectivity index (χ3n) is 2.77. The van der Waals surface area contributed by atoms with Gasteiger partial charge in [-0.25, -0.2) is 0 Å². The first-order valence-corrected chi connectivity index (χ1v) is 6.97. The van der Waals surface area contributed by atoms with Gasteiger partial charge in [0.25, 0.3) is 0 Å². The molecule has 7 nitrogen and oxygen atoms in total. The topological polar surface area (TPSA) is 81.6 Å². The number of carbonyl (C=O) groups is 1. The number of hydrogen-bond donors (Lipinski definition) is 0. The molecule has 0 atom stereocenters. The Balaban J connectivity index is 1.98. The van der Waals surface area contributed by atoms with E-state index in [0.29, 0.717) is 30.6 Å². The highest BCUT2D eigenvalue weighted by Gasteiger charge is 2.16. The van der Waals surface area contributed by atoms with Gasteiger partial charge < -0.3 is 13.7 Å². The number of nitrogens with zero attached hydrogens (tertiary/aromatic N) is 3. The lowest BCUT2D eigenvalue weighted by atomic mass is 10.4. The predicted octanol–water partition coefficient (Wildman–Crippen LogP) is 2.10. The van der Waals surface area contributed by atoms with Crippen LogP contribution in [0.1, 0.15) is 26.2 Å². The van der Waals surface area contributed by atoms with Gasteiger partial charge in [-0.15, -0.1) is 0 Å². The van der Waals surface area contributed by atoms with Gasteiger partial charge in [-0.1, -0.05) is 12.1 Å². The Hall–Kier alpha value is -2.15. The molecule has 0 unspecified atom stereocenters. The van der Waals surface area contributed by atoms with E-state index in [2.05, 4.69) is 10.1 Å². The Labute approximate surface area is 122 Å². The molecule has 0 spiro atoms. The van der Waals surface area contributed by atoms with Gasteiger partial charge in [-0.2, -0.15) is 4.98 Å². The van der Waals surface area contributed by atoms with Crippen LogP contribution in [0.5, 0.6) is 0 Å². The zero-order chi connectivity index (χ0) is 15.1. The van der Waals surface area contributed by atoms with Crippen molar-refractivity contribution in [2.45, 2.75) is 26.8 Å². The second kappa shape index (κ2) is 7.58. The van der Waals surface area contributed by atoms with Gasteiger partial charge in [-0.05, 0) is 32.0 Å². The molecule has 0 saturated heterocycles. The van der Waals surface area contributed by atoms with E-state index in [-0.39, 0.29) is 12.5 Å². The first kappa shape index (κ1) is 15.2. The number of esters is 1. The quantitative estimate of drug-likeness (QED) is 0.689. The van der Waals surface area contributed by atoms with E-state index < -0.39 is 0 Å². The van der Waals surface area contributed by atoms with Crippen molar-refractivity contribution in [3.05, 3.63) is 24.3 Å². The van der Waals surface area contributed by atoms with Crippen LogP contribution in [-0.2, 0) is 16.1 Å². The molecule has 7 heteroatoms. The molecule has 2 aromatic rings. The summed E-state index contributed by atoms with van der Waals surface area (Å²) in [5, 5.41) is 3.86. The average molecular weight is 293 g/mol. The molecule has 2 rings (SSSR count). The normalized spacial score (nSPS) is 11.0. The minimum Gasteiger partial charge on any atom is -0.465 e. The Morgan fingerprint density at radius 3 is 2.95 bits per heavy atom. The van der Waals surface area contributed by atoms with Crippen LogP contribution in [-0.4, -0.2) is 40.7 Å². The number of carbonyl (C=O) groups excluding carboxylic acids is 1. The van der Waals surface area contributed by atoms with Crippen molar-refractivity contribution in [1.82, 2.24) is 15.0 Å². The molecule has 2 heterocycles. The number of ether oxygens (including phenoxy) is 1. The highest BCUT2D eigenvalue weighted by atomic mass is 16.5. The van der Waals surface area contributed by atoms with E-state index in [0.717, 1.165) is 13.0 Å². The van der Waals surface area contributed by atoms with Crippen molar-refractivity contribution in [3.8, 4) is 11.6 Å². The molecular formula is C14H19N3O4. The van der Waals surface area contributed by atoms with E-state index in [1.165, 1.54) is 0 Å². The molecule has 0 bridgehead atoms.